The smallest absolute Gasteiger partial charge is 0.257 e. The molecule has 1 aromatic heterocycles. The molecule has 1 aromatic carbocycles. The highest BCUT2D eigenvalue weighted by Crippen LogP contribution is 2.20. The summed E-state index contributed by atoms with van der Waals surface area (Å²) in [5.74, 6) is -5.04. The molecule has 1 amide bonds. The summed E-state index contributed by atoms with van der Waals surface area (Å²) in [5.41, 5.74) is 0.407. The zero-order chi connectivity index (χ0) is 17.5. The number of pyridine rings is 1. The maximum atomic E-state index is 13.6. The Morgan fingerprint density at radius 3 is 2.67 bits per heavy atom. The van der Waals surface area contributed by atoms with Crippen LogP contribution in [0.1, 0.15) is 36.5 Å². The lowest BCUT2D eigenvalue weighted by Gasteiger charge is -2.09. The van der Waals surface area contributed by atoms with E-state index in [9.17, 15) is 18.0 Å². The fourth-order valence-corrected chi connectivity index (χ4v) is 2.09. The summed E-state index contributed by atoms with van der Waals surface area (Å²) >= 11 is 0. The van der Waals surface area contributed by atoms with Gasteiger partial charge in [0.15, 0.2) is 17.5 Å². The molecule has 4 nitrogen and oxygen atoms in total. The van der Waals surface area contributed by atoms with Gasteiger partial charge in [0, 0.05) is 18.9 Å². The van der Waals surface area contributed by atoms with Gasteiger partial charge in [-0.15, -0.1) is 0 Å². The van der Waals surface area contributed by atoms with E-state index >= 15 is 0 Å². The van der Waals surface area contributed by atoms with Crippen molar-refractivity contribution in [2.45, 2.75) is 26.2 Å². The molecule has 0 fully saturated rings. The van der Waals surface area contributed by atoms with Crippen LogP contribution in [0.25, 0.3) is 0 Å². The Morgan fingerprint density at radius 1 is 1.12 bits per heavy atom. The van der Waals surface area contributed by atoms with Crippen LogP contribution in [0.4, 0.5) is 24.5 Å². The van der Waals surface area contributed by atoms with Gasteiger partial charge in [0.1, 0.15) is 0 Å². The molecular formula is C17H18F3N3O. The van der Waals surface area contributed by atoms with Crippen molar-refractivity contribution in [2.24, 2.45) is 0 Å². The molecule has 0 saturated heterocycles. The predicted molar refractivity (Wildman–Crippen MR) is 86.5 cm³/mol. The molecule has 0 atom stereocenters. The van der Waals surface area contributed by atoms with Crippen molar-refractivity contribution < 1.29 is 18.0 Å². The van der Waals surface area contributed by atoms with Crippen LogP contribution in [0.2, 0.25) is 0 Å². The highest BCUT2D eigenvalue weighted by atomic mass is 19.2. The monoisotopic (exact) mass is 337 g/mol. The Balaban J connectivity index is 2.06. The van der Waals surface area contributed by atoms with Gasteiger partial charge in [-0.1, -0.05) is 19.8 Å². The third-order valence-corrected chi connectivity index (χ3v) is 3.39. The van der Waals surface area contributed by atoms with Crippen molar-refractivity contribution in [1.82, 2.24) is 4.98 Å². The van der Waals surface area contributed by atoms with Gasteiger partial charge in [0.2, 0.25) is 0 Å². The summed E-state index contributed by atoms with van der Waals surface area (Å²) < 4.78 is 39.7. The van der Waals surface area contributed by atoms with Crippen molar-refractivity contribution in [3.05, 3.63) is 53.6 Å². The van der Waals surface area contributed by atoms with Crippen molar-refractivity contribution in [3.63, 3.8) is 0 Å². The zero-order valence-electron chi connectivity index (χ0n) is 13.2. The van der Waals surface area contributed by atoms with Gasteiger partial charge in [0.05, 0.1) is 16.9 Å². The van der Waals surface area contributed by atoms with E-state index in [2.05, 4.69) is 22.5 Å². The number of unbranched alkanes of at least 4 members (excludes halogenated alkanes) is 2. The Hall–Kier alpha value is -2.57. The SMILES string of the molecule is CCCCCNc1cncc(C(=O)Nc2ccc(F)c(F)c2F)c1. The number of hydrogen-bond donors (Lipinski definition) is 2. The first-order valence-electron chi connectivity index (χ1n) is 7.66. The first kappa shape index (κ1) is 17.8. The third-order valence-electron chi connectivity index (χ3n) is 3.39. The highest BCUT2D eigenvalue weighted by molar-refractivity contribution is 6.04. The Morgan fingerprint density at radius 2 is 1.92 bits per heavy atom. The molecule has 1 heterocycles. The Labute approximate surface area is 138 Å². The second-order valence-electron chi connectivity index (χ2n) is 5.27. The highest BCUT2D eigenvalue weighted by Gasteiger charge is 2.16. The van der Waals surface area contributed by atoms with Crippen LogP contribution in [0.3, 0.4) is 0 Å². The van der Waals surface area contributed by atoms with Crippen LogP contribution in [0.5, 0.6) is 0 Å². The number of carbonyl (C=O) groups is 1. The van der Waals surface area contributed by atoms with E-state index in [-0.39, 0.29) is 5.56 Å². The summed E-state index contributed by atoms with van der Waals surface area (Å²) in [6.07, 6.45) is 6.07. The van der Waals surface area contributed by atoms with Gasteiger partial charge in [0.25, 0.3) is 5.91 Å². The lowest BCUT2D eigenvalue weighted by molar-refractivity contribution is 0.102. The topological polar surface area (TPSA) is 54.0 Å². The molecule has 0 unspecified atom stereocenters. The Kier molecular flexibility index (Phi) is 6.17. The van der Waals surface area contributed by atoms with Crippen molar-refractivity contribution in [2.75, 3.05) is 17.2 Å². The lowest BCUT2D eigenvalue weighted by Crippen LogP contribution is -2.14. The van der Waals surface area contributed by atoms with E-state index < -0.39 is 29.0 Å². The summed E-state index contributed by atoms with van der Waals surface area (Å²) in [5, 5.41) is 5.35. The van der Waals surface area contributed by atoms with E-state index in [0.717, 1.165) is 37.9 Å². The molecule has 0 spiro atoms. The van der Waals surface area contributed by atoms with Gasteiger partial charge in [-0.3, -0.25) is 9.78 Å². The molecule has 0 radical (unpaired) electrons. The van der Waals surface area contributed by atoms with Gasteiger partial charge in [-0.25, -0.2) is 13.2 Å². The number of anilines is 2. The largest absolute Gasteiger partial charge is 0.384 e. The average Bonchev–Trinajstić information content (AvgIpc) is 2.59. The van der Waals surface area contributed by atoms with Crippen LogP contribution in [-0.4, -0.2) is 17.4 Å². The van der Waals surface area contributed by atoms with Gasteiger partial charge in [-0.2, -0.15) is 0 Å². The van der Waals surface area contributed by atoms with E-state index in [1.807, 2.05) is 0 Å². The second-order valence-corrected chi connectivity index (χ2v) is 5.27. The maximum Gasteiger partial charge on any atom is 0.257 e. The summed E-state index contributed by atoms with van der Waals surface area (Å²) in [7, 11) is 0. The number of carbonyl (C=O) groups excluding carboxylic acids is 1. The van der Waals surface area contributed by atoms with E-state index in [4.69, 9.17) is 0 Å². The minimum Gasteiger partial charge on any atom is -0.384 e. The molecule has 24 heavy (non-hydrogen) atoms. The average molecular weight is 337 g/mol. The molecule has 128 valence electrons. The molecule has 2 rings (SSSR count). The normalized spacial score (nSPS) is 10.5. The Bertz CT molecular complexity index is 722. The zero-order valence-corrected chi connectivity index (χ0v) is 13.2. The number of benzene rings is 1. The standard InChI is InChI=1S/C17H18F3N3O/c1-2-3-4-7-22-12-8-11(9-21-10-12)17(24)23-14-6-5-13(18)15(19)16(14)20/h5-6,8-10,22H,2-4,7H2,1H3,(H,23,24). The van der Waals surface area contributed by atoms with Crippen LogP contribution in [-0.2, 0) is 0 Å². The number of nitrogens with zero attached hydrogens (tertiary/aromatic N) is 1. The van der Waals surface area contributed by atoms with Gasteiger partial charge < -0.3 is 10.6 Å². The lowest BCUT2D eigenvalue weighted by atomic mass is 10.2. The molecule has 7 heteroatoms. The molecule has 0 aliphatic rings. The van der Waals surface area contributed by atoms with Crippen LogP contribution >= 0.6 is 0 Å². The maximum absolute atomic E-state index is 13.6. The summed E-state index contributed by atoms with van der Waals surface area (Å²) in [6.45, 7) is 2.85. The fourth-order valence-electron chi connectivity index (χ4n) is 2.09. The molecule has 0 saturated carbocycles. The molecular weight excluding hydrogens is 319 g/mol. The number of amides is 1. The molecule has 2 aromatic rings. The molecule has 0 aliphatic carbocycles. The number of rotatable bonds is 7. The second kappa shape index (κ2) is 8.33. The number of aromatic nitrogens is 1. The minimum absolute atomic E-state index is 0.180. The third kappa shape index (κ3) is 4.47. The quantitative estimate of drug-likeness (QED) is 0.583. The number of halogens is 3. The fraction of sp³-hybridized carbons (Fsp3) is 0.294. The van der Waals surface area contributed by atoms with Crippen LogP contribution < -0.4 is 10.6 Å². The number of nitrogens with one attached hydrogen (secondary N) is 2. The first-order chi connectivity index (χ1) is 11.5. The van der Waals surface area contributed by atoms with Gasteiger partial charge in [-0.05, 0) is 24.6 Å². The van der Waals surface area contributed by atoms with E-state index in [1.165, 1.54) is 6.20 Å². The first-order valence-corrected chi connectivity index (χ1v) is 7.66. The summed E-state index contributed by atoms with van der Waals surface area (Å²) in [6, 6.07) is 3.27. The van der Waals surface area contributed by atoms with Crippen LogP contribution in [0.15, 0.2) is 30.6 Å². The summed E-state index contributed by atoms with van der Waals surface area (Å²) in [4.78, 5) is 16.1. The molecule has 0 bridgehead atoms. The van der Waals surface area contributed by atoms with Gasteiger partial charge >= 0.3 is 0 Å². The van der Waals surface area contributed by atoms with Crippen molar-refractivity contribution >= 4 is 17.3 Å². The minimum atomic E-state index is -1.63. The number of hydrogen-bond acceptors (Lipinski definition) is 3. The van der Waals surface area contributed by atoms with Crippen molar-refractivity contribution in [3.8, 4) is 0 Å². The molecule has 2 N–H and O–H groups in total. The molecule has 0 aliphatic heterocycles. The van der Waals surface area contributed by atoms with E-state index in [0.29, 0.717) is 5.69 Å². The van der Waals surface area contributed by atoms with E-state index in [1.54, 1.807) is 12.3 Å². The van der Waals surface area contributed by atoms with Crippen LogP contribution in [0, 0.1) is 17.5 Å². The van der Waals surface area contributed by atoms with Crippen molar-refractivity contribution in [1.29, 1.82) is 0 Å². The predicted octanol–water partition coefficient (Wildman–Crippen LogP) is 4.35.